The number of rotatable bonds is 4. The molecule has 0 unspecified atom stereocenters. The molecule has 3 amide bonds. The number of aromatic nitrogens is 1. The van der Waals surface area contributed by atoms with E-state index in [2.05, 4.69) is 25.8 Å². The zero-order valence-corrected chi connectivity index (χ0v) is 20.8. The van der Waals surface area contributed by atoms with Crippen LogP contribution in [0, 0.1) is 0 Å². The molecule has 34 heavy (non-hydrogen) atoms. The Bertz CT molecular complexity index is 1090. The van der Waals surface area contributed by atoms with Crippen molar-refractivity contribution in [1.29, 1.82) is 0 Å². The molecule has 0 atom stereocenters. The molecule has 0 spiro atoms. The summed E-state index contributed by atoms with van der Waals surface area (Å²) in [5.74, 6) is 0.353. The van der Waals surface area contributed by atoms with Crippen molar-refractivity contribution in [3.63, 3.8) is 0 Å². The number of carbonyl (C=O) groups is 3. The number of anilines is 1. The number of amides is 3. The van der Waals surface area contributed by atoms with Crippen molar-refractivity contribution in [2.45, 2.75) is 39.7 Å². The molecule has 3 heterocycles. The number of thiazole rings is 1. The highest BCUT2D eigenvalue weighted by Crippen LogP contribution is 2.37. The second kappa shape index (κ2) is 9.61. The average molecular weight is 487 g/mol. The van der Waals surface area contributed by atoms with E-state index in [1.54, 1.807) is 27.0 Å². The van der Waals surface area contributed by atoms with Crippen molar-refractivity contribution in [2.75, 3.05) is 44.3 Å². The van der Waals surface area contributed by atoms with Crippen molar-refractivity contribution in [3.8, 4) is 5.75 Å². The van der Waals surface area contributed by atoms with Crippen LogP contribution in [-0.2, 0) is 21.5 Å². The molecule has 0 N–H and O–H groups in total. The molecule has 2 aliphatic heterocycles. The van der Waals surface area contributed by atoms with Crippen LogP contribution in [0.4, 0.5) is 10.5 Å². The first kappa shape index (κ1) is 24.0. The standard InChI is InChI=1S/C24H30N4O5S/c1-5-32-23(31)27-10-8-26(9-11-27)22(30)17-15-34-20(25-17)13-28-18-12-16(24(2,3)4)6-7-19(18)33-14-21(28)29/h6-7,12,15H,5,8-11,13-14H2,1-4H3. The van der Waals surface area contributed by atoms with Gasteiger partial charge in [-0.05, 0) is 30.0 Å². The van der Waals surface area contributed by atoms with Crippen LogP contribution in [0.5, 0.6) is 5.75 Å². The first-order valence-corrected chi connectivity index (χ1v) is 12.3. The van der Waals surface area contributed by atoms with E-state index < -0.39 is 0 Å². The zero-order chi connectivity index (χ0) is 24.5. The summed E-state index contributed by atoms with van der Waals surface area (Å²) < 4.78 is 10.7. The van der Waals surface area contributed by atoms with Gasteiger partial charge in [-0.1, -0.05) is 26.8 Å². The van der Waals surface area contributed by atoms with Crippen molar-refractivity contribution in [2.24, 2.45) is 0 Å². The van der Waals surface area contributed by atoms with Crippen molar-refractivity contribution in [1.82, 2.24) is 14.8 Å². The molecule has 0 radical (unpaired) electrons. The van der Waals surface area contributed by atoms with E-state index in [1.807, 2.05) is 18.2 Å². The van der Waals surface area contributed by atoms with Gasteiger partial charge in [-0.3, -0.25) is 14.5 Å². The Morgan fingerprint density at radius 1 is 1.15 bits per heavy atom. The van der Waals surface area contributed by atoms with Gasteiger partial charge in [0.1, 0.15) is 16.5 Å². The lowest BCUT2D eigenvalue weighted by molar-refractivity contribution is -0.121. The molecular formula is C24H30N4O5S. The molecule has 0 aliphatic carbocycles. The third-order valence-electron chi connectivity index (χ3n) is 5.93. The molecule has 1 aromatic carbocycles. The number of nitrogens with zero attached hydrogens (tertiary/aromatic N) is 4. The molecule has 4 rings (SSSR count). The third kappa shape index (κ3) is 5.01. The lowest BCUT2D eigenvalue weighted by atomic mass is 9.86. The molecule has 1 fully saturated rings. The number of carbonyl (C=O) groups excluding carboxylic acids is 3. The first-order valence-electron chi connectivity index (χ1n) is 11.4. The maximum absolute atomic E-state index is 13.0. The second-order valence-corrected chi connectivity index (χ2v) is 10.2. The van der Waals surface area contributed by atoms with Crippen LogP contribution in [0.2, 0.25) is 0 Å². The van der Waals surface area contributed by atoms with Gasteiger partial charge in [0.05, 0.1) is 18.8 Å². The Hall–Kier alpha value is -3.14. The number of benzene rings is 1. The van der Waals surface area contributed by atoms with Gasteiger partial charge in [0.2, 0.25) is 0 Å². The minimum atomic E-state index is -0.351. The molecule has 182 valence electrons. The van der Waals surface area contributed by atoms with Crippen LogP contribution >= 0.6 is 11.3 Å². The molecule has 1 saturated heterocycles. The lowest BCUT2D eigenvalue weighted by Crippen LogP contribution is -2.50. The number of piperazine rings is 1. The van der Waals surface area contributed by atoms with E-state index in [9.17, 15) is 14.4 Å². The first-order chi connectivity index (χ1) is 16.2. The molecule has 1 aromatic heterocycles. The average Bonchev–Trinajstić information content (AvgIpc) is 3.28. The fourth-order valence-electron chi connectivity index (χ4n) is 3.93. The van der Waals surface area contributed by atoms with E-state index in [0.717, 1.165) is 11.3 Å². The van der Waals surface area contributed by atoms with Gasteiger partial charge in [0.15, 0.2) is 6.61 Å². The minimum Gasteiger partial charge on any atom is -0.482 e. The fraction of sp³-hybridized carbons (Fsp3) is 0.500. The van der Waals surface area contributed by atoms with Crippen molar-refractivity contribution >= 4 is 34.9 Å². The van der Waals surface area contributed by atoms with Gasteiger partial charge < -0.3 is 19.3 Å². The molecule has 0 bridgehead atoms. The molecule has 0 saturated carbocycles. The highest BCUT2D eigenvalue weighted by atomic mass is 32.1. The number of ether oxygens (including phenoxy) is 2. The SMILES string of the molecule is CCOC(=O)N1CCN(C(=O)c2csc(CN3C(=O)COc4ccc(C(C)(C)C)cc43)n2)CC1. The Balaban J connectivity index is 1.45. The number of hydrogen-bond acceptors (Lipinski definition) is 7. The van der Waals surface area contributed by atoms with Crippen LogP contribution in [0.15, 0.2) is 23.6 Å². The van der Waals surface area contributed by atoms with Crippen LogP contribution in [0.1, 0.15) is 48.8 Å². The summed E-state index contributed by atoms with van der Waals surface area (Å²) >= 11 is 1.36. The summed E-state index contributed by atoms with van der Waals surface area (Å²) in [4.78, 5) is 47.0. The van der Waals surface area contributed by atoms with Gasteiger partial charge in [-0.2, -0.15) is 0 Å². The smallest absolute Gasteiger partial charge is 0.409 e. The Morgan fingerprint density at radius 3 is 2.53 bits per heavy atom. The van der Waals surface area contributed by atoms with Crippen LogP contribution in [-0.4, -0.2) is 72.1 Å². The predicted molar refractivity (Wildman–Crippen MR) is 128 cm³/mol. The lowest BCUT2D eigenvalue weighted by Gasteiger charge is -2.33. The third-order valence-corrected chi connectivity index (χ3v) is 6.76. The van der Waals surface area contributed by atoms with Gasteiger partial charge in [-0.15, -0.1) is 11.3 Å². The van der Waals surface area contributed by atoms with Crippen LogP contribution in [0.25, 0.3) is 0 Å². The van der Waals surface area contributed by atoms with Crippen molar-refractivity contribution in [3.05, 3.63) is 39.8 Å². The van der Waals surface area contributed by atoms with E-state index in [-0.39, 0.29) is 36.5 Å². The predicted octanol–water partition coefficient (Wildman–Crippen LogP) is 3.28. The van der Waals surface area contributed by atoms with Gasteiger partial charge in [-0.25, -0.2) is 9.78 Å². The summed E-state index contributed by atoms with van der Waals surface area (Å²) in [6.07, 6.45) is -0.351. The van der Waals surface area contributed by atoms with Crippen LogP contribution in [0.3, 0.4) is 0 Å². The van der Waals surface area contributed by atoms with Gasteiger partial charge in [0.25, 0.3) is 11.8 Å². The molecule has 2 aliphatic rings. The summed E-state index contributed by atoms with van der Waals surface area (Å²) in [6.45, 7) is 10.4. The Morgan fingerprint density at radius 2 is 1.85 bits per heavy atom. The normalized spacial score (nSPS) is 16.2. The maximum atomic E-state index is 13.0. The van der Waals surface area contributed by atoms with E-state index in [1.165, 1.54) is 11.3 Å². The summed E-state index contributed by atoms with van der Waals surface area (Å²) in [5, 5.41) is 2.41. The summed E-state index contributed by atoms with van der Waals surface area (Å²) in [6, 6.07) is 5.92. The molecule has 9 nitrogen and oxygen atoms in total. The highest BCUT2D eigenvalue weighted by molar-refractivity contribution is 7.09. The minimum absolute atomic E-state index is 0.0240. The van der Waals surface area contributed by atoms with Crippen LogP contribution < -0.4 is 9.64 Å². The monoisotopic (exact) mass is 486 g/mol. The van der Waals surface area contributed by atoms with Gasteiger partial charge in [0, 0.05) is 31.6 Å². The van der Waals surface area contributed by atoms with Gasteiger partial charge >= 0.3 is 6.09 Å². The summed E-state index contributed by atoms with van der Waals surface area (Å²) in [5.41, 5.74) is 2.11. The molecule has 2 aromatic rings. The van der Waals surface area contributed by atoms with E-state index in [0.29, 0.717) is 49.2 Å². The Labute approximate surface area is 203 Å². The van der Waals surface area contributed by atoms with E-state index >= 15 is 0 Å². The molecular weight excluding hydrogens is 456 g/mol. The molecule has 10 heteroatoms. The quantitative estimate of drug-likeness (QED) is 0.659. The second-order valence-electron chi connectivity index (χ2n) is 9.31. The maximum Gasteiger partial charge on any atom is 0.409 e. The summed E-state index contributed by atoms with van der Waals surface area (Å²) in [7, 11) is 0. The highest BCUT2D eigenvalue weighted by Gasteiger charge is 2.30. The van der Waals surface area contributed by atoms with E-state index in [4.69, 9.17) is 9.47 Å². The zero-order valence-electron chi connectivity index (χ0n) is 20.0. The number of hydrogen-bond donors (Lipinski definition) is 0. The Kier molecular flexibility index (Phi) is 6.79. The topological polar surface area (TPSA) is 92.3 Å². The largest absolute Gasteiger partial charge is 0.482 e. The fourth-order valence-corrected chi connectivity index (χ4v) is 4.68. The van der Waals surface area contributed by atoms with Crippen molar-refractivity contribution < 1.29 is 23.9 Å². The number of fused-ring (bicyclic) bond motifs is 1.